The highest BCUT2D eigenvalue weighted by Gasteiger charge is 2.32. The van der Waals surface area contributed by atoms with Gasteiger partial charge in [0.2, 0.25) is 5.91 Å². The molecule has 0 bridgehead atoms. The van der Waals surface area contributed by atoms with E-state index >= 15 is 0 Å². The van der Waals surface area contributed by atoms with E-state index < -0.39 is 58.6 Å². The first kappa shape index (κ1) is 20.8. The molecule has 1 aliphatic rings. The van der Waals surface area contributed by atoms with Crippen molar-refractivity contribution >= 4 is 23.5 Å². The zero-order valence-electron chi connectivity index (χ0n) is 14.3. The van der Waals surface area contributed by atoms with Crippen LogP contribution in [0.5, 0.6) is 0 Å². The molecule has 1 aromatic heterocycles. The van der Waals surface area contributed by atoms with Crippen molar-refractivity contribution in [3.8, 4) is 0 Å². The summed E-state index contributed by atoms with van der Waals surface area (Å²) < 4.78 is 67.8. The third-order valence-corrected chi connectivity index (χ3v) is 4.49. The second-order valence-electron chi connectivity index (χ2n) is 6.02. The lowest BCUT2D eigenvalue weighted by atomic mass is 10.0. The smallest absolute Gasteiger partial charge is 0.315 e. The average Bonchev–Trinajstić information content (AvgIpc) is 3.11. The van der Waals surface area contributed by atoms with E-state index in [2.05, 4.69) is 20.9 Å². The zero-order chi connectivity index (χ0) is 21.3. The molecule has 12 heteroatoms. The summed E-state index contributed by atoms with van der Waals surface area (Å²) in [5.74, 6) is -4.43. The number of benzene rings is 1. The van der Waals surface area contributed by atoms with Gasteiger partial charge in [-0.1, -0.05) is 17.7 Å². The fourth-order valence-corrected chi connectivity index (χ4v) is 2.89. The number of pyridine rings is 1. The number of urea groups is 1. The number of aromatic nitrogens is 1. The predicted molar refractivity (Wildman–Crippen MR) is 90.8 cm³/mol. The summed E-state index contributed by atoms with van der Waals surface area (Å²) in [7, 11) is 0. The fraction of sp³-hybridized carbons (Fsp3) is 0.235. The molecule has 0 saturated carbocycles. The van der Waals surface area contributed by atoms with Gasteiger partial charge in [0.05, 0.1) is 11.7 Å². The Labute approximate surface area is 165 Å². The van der Waals surface area contributed by atoms with E-state index in [4.69, 9.17) is 11.6 Å². The lowest BCUT2D eigenvalue weighted by Gasteiger charge is -2.22. The van der Waals surface area contributed by atoms with Gasteiger partial charge >= 0.3 is 6.03 Å². The van der Waals surface area contributed by atoms with E-state index in [1.807, 2.05) is 0 Å². The maximum Gasteiger partial charge on any atom is 0.315 e. The third-order valence-electron chi connectivity index (χ3n) is 4.15. The number of amides is 3. The summed E-state index contributed by atoms with van der Waals surface area (Å²) in [4.78, 5) is 27.2. The van der Waals surface area contributed by atoms with Gasteiger partial charge in [0, 0.05) is 12.1 Å². The Morgan fingerprint density at radius 1 is 1.17 bits per heavy atom. The predicted octanol–water partition coefficient (Wildman–Crippen LogP) is 2.98. The Morgan fingerprint density at radius 2 is 1.86 bits per heavy atom. The number of hydrogen-bond acceptors (Lipinski definition) is 3. The number of rotatable bonds is 5. The summed E-state index contributed by atoms with van der Waals surface area (Å²) in [6.07, 6.45) is -3.27. The van der Waals surface area contributed by atoms with Crippen molar-refractivity contribution in [1.82, 2.24) is 20.9 Å². The Morgan fingerprint density at radius 3 is 2.48 bits per heavy atom. The Kier molecular flexibility index (Phi) is 5.87. The van der Waals surface area contributed by atoms with Gasteiger partial charge < -0.3 is 16.0 Å². The average molecular weight is 435 g/mol. The van der Waals surface area contributed by atoms with Crippen LogP contribution in [0.25, 0.3) is 0 Å². The molecule has 1 fully saturated rings. The van der Waals surface area contributed by atoms with Crippen LogP contribution in [0.1, 0.15) is 29.4 Å². The third kappa shape index (κ3) is 4.24. The summed E-state index contributed by atoms with van der Waals surface area (Å²) in [6, 6.07) is 0.239. The minimum absolute atomic E-state index is 0.0802. The first-order valence-electron chi connectivity index (χ1n) is 8.11. The van der Waals surface area contributed by atoms with Crippen molar-refractivity contribution in [2.24, 2.45) is 0 Å². The number of carbonyl (C=O) groups excluding carboxylic acids is 2. The quantitative estimate of drug-likeness (QED) is 0.500. The van der Waals surface area contributed by atoms with Gasteiger partial charge in [-0.05, 0) is 18.2 Å². The highest BCUT2D eigenvalue weighted by molar-refractivity contribution is 6.31. The molecule has 2 atom stereocenters. The molecule has 0 aliphatic carbocycles. The molecule has 1 saturated heterocycles. The van der Waals surface area contributed by atoms with Gasteiger partial charge in [0.25, 0.3) is 6.43 Å². The molecule has 154 valence electrons. The Bertz CT molecular complexity index is 975. The summed E-state index contributed by atoms with van der Waals surface area (Å²) in [5, 5.41) is 6.10. The molecule has 0 radical (unpaired) electrons. The van der Waals surface area contributed by atoms with Crippen LogP contribution in [0.3, 0.4) is 0 Å². The standard InChI is InChI=1S/C17H12ClF5N4O2/c18-11-7(19)2-1-6(12(11)21)13(27-16(28)10-5-24-17(29)26-10)9-4-3-8(20)14(25-9)15(22)23/h1-4,10,13,15H,5H2,(H,27,28)(H2,24,26,29)/t10?,13-/m0/s1. The van der Waals surface area contributed by atoms with Crippen LogP contribution in [0.4, 0.5) is 26.7 Å². The van der Waals surface area contributed by atoms with Crippen LogP contribution in [-0.4, -0.2) is 29.5 Å². The zero-order valence-corrected chi connectivity index (χ0v) is 15.0. The molecular formula is C17H12ClF5N4O2. The van der Waals surface area contributed by atoms with E-state index in [1.165, 1.54) is 0 Å². The minimum atomic E-state index is -3.27. The van der Waals surface area contributed by atoms with Gasteiger partial charge in [0.15, 0.2) is 5.82 Å². The van der Waals surface area contributed by atoms with E-state index in [0.29, 0.717) is 6.07 Å². The molecule has 3 rings (SSSR count). The van der Waals surface area contributed by atoms with Crippen molar-refractivity contribution in [2.45, 2.75) is 18.5 Å². The number of alkyl halides is 2. The Hall–Kier alpha value is -2.95. The number of halogens is 6. The molecule has 29 heavy (non-hydrogen) atoms. The Balaban J connectivity index is 2.05. The molecule has 3 N–H and O–H groups in total. The molecule has 1 unspecified atom stereocenters. The second-order valence-corrected chi connectivity index (χ2v) is 6.39. The monoisotopic (exact) mass is 434 g/mol. The van der Waals surface area contributed by atoms with Crippen molar-refractivity contribution in [1.29, 1.82) is 0 Å². The maximum absolute atomic E-state index is 14.6. The van der Waals surface area contributed by atoms with E-state index in [1.54, 1.807) is 0 Å². The number of carbonyl (C=O) groups is 2. The van der Waals surface area contributed by atoms with Crippen LogP contribution < -0.4 is 16.0 Å². The van der Waals surface area contributed by atoms with Gasteiger partial charge in [-0.3, -0.25) is 4.79 Å². The van der Waals surface area contributed by atoms with Crippen LogP contribution >= 0.6 is 11.6 Å². The lowest BCUT2D eigenvalue weighted by Crippen LogP contribution is -2.44. The molecule has 1 aliphatic heterocycles. The SMILES string of the molecule is O=C1NCC(C(=O)N[C@H](c2ccc(F)c(C(F)F)n2)c2ccc(F)c(Cl)c2F)N1. The lowest BCUT2D eigenvalue weighted by molar-refractivity contribution is -0.123. The highest BCUT2D eigenvalue weighted by atomic mass is 35.5. The topological polar surface area (TPSA) is 83.1 Å². The molecule has 3 amide bonds. The molecule has 2 aromatic rings. The van der Waals surface area contributed by atoms with Crippen molar-refractivity contribution in [3.05, 3.63) is 63.7 Å². The van der Waals surface area contributed by atoms with Crippen molar-refractivity contribution in [2.75, 3.05) is 6.54 Å². The largest absolute Gasteiger partial charge is 0.342 e. The molecule has 6 nitrogen and oxygen atoms in total. The van der Waals surface area contributed by atoms with Crippen molar-refractivity contribution < 1.29 is 31.5 Å². The normalized spacial score (nSPS) is 17.1. The molecular weight excluding hydrogens is 423 g/mol. The van der Waals surface area contributed by atoms with Gasteiger partial charge in [0.1, 0.15) is 28.4 Å². The first-order valence-corrected chi connectivity index (χ1v) is 8.49. The van der Waals surface area contributed by atoms with Crippen LogP contribution in [0, 0.1) is 17.5 Å². The maximum atomic E-state index is 14.6. The minimum Gasteiger partial charge on any atom is -0.342 e. The van der Waals surface area contributed by atoms with Crippen LogP contribution in [0.15, 0.2) is 24.3 Å². The highest BCUT2D eigenvalue weighted by Crippen LogP contribution is 2.31. The summed E-state index contributed by atoms with van der Waals surface area (Å²) >= 11 is 5.57. The number of nitrogens with zero attached hydrogens (tertiary/aromatic N) is 1. The number of nitrogens with one attached hydrogen (secondary N) is 3. The van der Waals surface area contributed by atoms with Crippen LogP contribution in [-0.2, 0) is 4.79 Å². The summed E-state index contributed by atoms with van der Waals surface area (Å²) in [6.45, 7) is -0.0802. The first-order chi connectivity index (χ1) is 13.7. The second kappa shape index (κ2) is 8.19. The molecule has 0 spiro atoms. The molecule has 1 aromatic carbocycles. The summed E-state index contributed by atoms with van der Waals surface area (Å²) in [5.41, 5.74) is -1.93. The number of hydrogen-bond donors (Lipinski definition) is 3. The van der Waals surface area contributed by atoms with E-state index in [-0.39, 0.29) is 17.8 Å². The van der Waals surface area contributed by atoms with Gasteiger partial charge in [-0.25, -0.2) is 31.7 Å². The van der Waals surface area contributed by atoms with Crippen molar-refractivity contribution in [3.63, 3.8) is 0 Å². The van der Waals surface area contributed by atoms with E-state index in [0.717, 1.165) is 18.2 Å². The van der Waals surface area contributed by atoms with Crippen LogP contribution in [0.2, 0.25) is 5.02 Å². The van der Waals surface area contributed by atoms with E-state index in [9.17, 15) is 31.5 Å². The van der Waals surface area contributed by atoms with Gasteiger partial charge in [-0.2, -0.15) is 0 Å². The molecule has 2 heterocycles. The fourth-order valence-electron chi connectivity index (χ4n) is 2.72. The van der Waals surface area contributed by atoms with Gasteiger partial charge in [-0.15, -0.1) is 0 Å².